The fourth-order valence-electron chi connectivity index (χ4n) is 3.57. The molecule has 0 spiro atoms. The molecule has 1 atom stereocenters. The Morgan fingerprint density at radius 2 is 2.07 bits per heavy atom. The van der Waals surface area contributed by atoms with Crippen LogP contribution in [0.4, 0.5) is 5.69 Å². The second kappa shape index (κ2) is 6.93. The van der Waals surface area contributed by atoms with Crippen LogP contribution in [-0.2, 0) is 13.2 Å². The van der Waals surface area contributed by atoms with Crippen molar-refractivity contribution in [1.82, 2.24) is 20.3 Å². The third kappa shape index (κ3) is 3.00. The topological polar surface area (TPSA) is 83.0 Å². The monoisotopic (exact) mass is 411 g/mol. The van der Waals surface area contributed by atoms with Crippen LogP contribution in [0.25, 0.3) is 32.4 Å². The lowest BCUT2D eigenvalue weighted by atomic mass is 10.1. The zero-order valence-electron chi connectivity index (χ0n) is 15.2. The molecular formula is C20H18ClN5OS. The number of hydrogen-bond acceptors (Lipinski definition) is 7. The van der Waals surface area contributed by atoms with Gasteiger partial charge in [-0.3, -0.25) is 0 Å². The number of aromatic nitrogens is 3. The van der Waals surface area contributed by atoms with E-state index in [1.54, 1.807) is 6.07 Å². The summed E-state index contributed by atoms with van der Waals surface area (Å²) in [6, 6.07) is 10.3. The van der Waals surface area contributed by atoms with Gasteiger partial charge in [-0.25, -0.2) is 15.0 Å². The lowest BCUT2D eigenvalue weighted by molar-refractivity contribution is 0.271. The highest BCUT2D eigenvalue weighted by Crippen LogP contribution is 2.41. The van der Waals surface area contributed by atoms with E-state index in [0.29, 0.717) is 22.6 Å². The van der Waals surface area contributed by atoms with Crippen LogP contribution < -0.4 is 10.6 Å². The van der Waals surface area contributed by atoms with Crippen LogP contribution in [0.3, 0.4) is 0 Å². The van der Waals surface area contributed by atoms with Crippen molar-refractivity contribution in [3.63, 3.8) is 0 Å². The highest BCUT2D eigenvalue weighted by Gasteiger charge is 2.19. The Bertz CT molecular complexity index is 1210. The Balaban J connectivity index is 1.67. The van der Waals surface area contributed by atoms with E-state index in [-0.39, 0.29) is 12.4 Å². The summed E-state index contributed by atoms with van der Waals surface area (Å²) in [4.78, 5) is 14.5. The maximum absolute atomic E-state index is 9.34. The number of anilines is 1. The predicted molar refractivity (Wildman–Crippen MR) is 114 cm³/mol. The number of fused-ring (bicyclic) bond motifs is 5. The van der Waals surface area contributed by atoms with Crippen molar-refractivity contribution < 1.29 is 5.11 Å². The summed E-state index contributed by atoms with van der Waals surface area (Å²) >= 11 is 7.88. The first-order valence-corrected chi connectivity index (χ1v) is 10.3. The Morgan fingerprint density at radius 1 is 1.18 bits per heavy atom. The van der Waals surface area contributed by atoms with Crippen molar-refractivity contribution in [3.8, 4) is 11.4 Å². The van der Waals surface area contributed by atoms with E-state index < -0.39 is 0 Å². The molecular weight excluding hydrogens is 394 g/mol. The van der Waals surface area contributed by atoms with Crippen LogP contribution in [0.2, 0.25) is 5.15 Å². The molecule has 5 rings (SSSR count). The molecule has 1 aliphatic rings. The van der Waals surface area contributed by atoms with E-state index in [4.69, 9.17) is 16.6 Å². The van der Waals surface area contributed by atoms with Crippen LogP contribution in [0.1, 0.15) is 17.6 Å². The van der Waals surface area contributed by atoms with Crippen LogP contribution >= 0.6 is 22.9 Å². The number of benzene rings is 1. The molecule has 28 heavy (non-hydrogen) atoms. The third-order valence-corrected chi connectivity index (χ3v) is 6.28. The van der Waals surface area contributed by atoms with Crippen molar-refractivity contribution in [3.05, 3.63) is 46.2 Å². The smallest absolute Gasteiger partial charge is 0.156 e. The average Bonchev–Trinajstić information content (AvgIpc) is 2.97. The molecule has 0 unspecified atom stereocenters. The Hall–Kier alpha value is -2.32. The first kappa shape index (κ1) is 17.8. The van der Waals surface area contributed by atoms with Crippen molar-refractivity contribution in [2.24, 2.45) is 0 Å². The number of hydrogen-bond donors (Lipinski definition) is 3. The Labute approximate surface area is 170 Å². The van der Waals surface area contributed by atoms with Gasteiger partial charge in [0.2, 0.25) is 0 Å². The second-order valence-corrected chi connectivity index (χ2v) is 8.44. The molecule has 0 aliphatic carbocycles. The molecule has 0 amide bonds. The molecule has 0 radical (unpaired) electrons. The van der Waals surface area contributed by atoms with Crippen LogP contribution in [-0.4, -0.2) is 32.6 Å². The number of thiophene rings is 1. The predicted octanol–water partition coefficient (Wildman–Crippen LogP) is 3.96. The molecule has 3 aromatic heterocycles. The lowest BCUT2D eigenvalue weighted by Crippen LogP contribution is -2.29. The first-order chi connectivity index (χ1) is 13.6. The SMILES string of the molecule is C[C@@H]1CNc2c(sc3ccc4nc(-c5cc(Cl)nc(CO)n5)ccc4c23)CN1. The van der Waals surface area contributed by atoms with E-state index in [1.807, 2.05) is 23.5 Å². The van der Waals surface area contributed by atoms with Crippen LogP contribution in [0, 0.1) is 0 Å². The lowest BCUT2D eigenvalue weighted by Gasteiger charge is -2.10. The highest BCUT2D eigenvalue weighted by atomic mass is 35.5. The quantitative estimate of drug-likeness (QED) is 0.433. The van der Waals surface area contributed by atoms with Crippen molar-refractivity contribution in [2.75, 3.05) is 11.9 Å². The molecule has 0 saturated heterocycles. The number of rotatable bonds is 2. The zero-order chi connectivity index (χ0) is 19.3. The molecule has 8 heteroatoms. The molecule has 0 fully saturated rings. The van der Waals surface area contributed by atoms with Crippen LogP contribution in [0.15, 0.2) is 30.3 Å². The Morgan fingerprint density at radius 3 is 2.93 bits per heavy atom. The molecule has 6 nitrogen and oxygen atoms in total. The maximum Gasteiger partial charge on any atom is 0.156 e. The Kier molecular flexibility index (Phi) is 4.40. The van der Waals surface area contributed by atoms with Crippen molar-refractivity contribution in [1.29, 1.82) is 0 Å². The molecule has 3 N–H and O–H groups in total. The van der Waals surface area contributed by atoms with E-state index in [1.165, 1.54) is 20.7 Å². The largest absolute Gasteiger partial charge is 0.388 e. The van der Waals surface area contributed by atoms with Gasteiger partial charge in [0.25, 0.3) is 0 Å². The highest BCUT2D eigenvalue weighted by molar-refractivity contribution is 7.20. The van der Waals surface area contributed by atoms with E-state index >= 15 is 0 Å². The summed E-state index contributed by atoms with van der Waals surface area (Å²) in [5.41, 5.74) is 3.42. The van der Waals surface area contributed by atoms with Crippen molar-refractivity contribution >= 4 is 49.6 Å². The normalized spacial score (nSPS) is 16.8. The molecule has 142 valence electrons. The molecule has 0 bridgehead atoms. The number of pyridine rings is 1. The van der Waals surface area contributed by atoms with Gasteiger partial charge in [-0.05, 0) is 31.2 Å². The number of nitrogens with one attached hydrogen (secondary N) is 2. The fraction of sp³-hybridized carbons (Fsp3) is 0.250. The average molecular weight is 412 g/mol. The van der Waals surface area contributed by atoms with Gasteiger partial charge in [0.05, 0.1) is 22.6 Å². The van der Waals surface area contributed by atoms with Crippen LogP contribution in [0.5, 0.6) is 0 Å². The number of aliphatic hydroxyl groups excluding tert-OH is 1. The van der Waals surface area contributed by atoms with Gasteiger partial charge >= 0.3 is 0 Å². The van der Waals surface area contributed by atoms with Gasteiger partial charge in [-0.1, -0.05) is 11.6 Å². The molecule has 4 heterocycles. The van der Waals surface area contributed by atoms with Gasteiger partial charge in [0, 0.05) is 45.5 Å². The van der Waals surface area contributed by atoms with Gasteiger partial charge in [0.1, 0.15) is 11.8 Å². The molecule has 4 aromatic rings. The number of halogens is 1. The van der Waals surface area contributed by atoms with E-state index in [9.17, 15) is 5.11 Å². The van der Waals surface area contributed by atoms with Gasteiger partial charge in [0.15, 0.2) is 5.82 Å². The minimum atomic E-state index is -0.263. The molecule has 1 aliphatic heterocycles. The third-order valence-electron chi connectivity index (χ3n) is 4.94. The summed E-state index contributed by atoms with van der Waals surface area (Å²) in [5, 5.41) is 19.1. The summed E-state index contributed by atoms with van der Waals surface area (Å²) in [6.45, 7) is 3.69. The summed E-state index contributed by atoms with van der Waals surface area (Å²) < 4.78 is 1.25. The summed E-state index contributed by atoms with van der Waals surface area (Å²) in [5.74, 6) is 0.286. The number of nitrogens with zero attached hydrogens (tertiary/aromatic N) is 3. The summed E-state index contributed by atoms with van der Waals surface area (Å²) in [6.07, 6.45) is 0. The van der Waals surface area contributed by atoms with Gasteiger partial charge in [-0.15, -0.1) is 11.3 Å². The van der Waals surface area contributed by atoms with Crippen molar-refractivity contribution in [2.45, 2.75) is 26.1 Å². The summed E-state index contributed by atoms with van der Waals surface area (Å²) in [7, 11) is 0. The van der Waals surface area contributed by atoms with E-state index in [0.717, 1.165) is 24.0 Å². The van der Waals surface area contributed by atoms with Gasteiger partial charge < -0.3 is 15.7 Å². The number of aliphatic hydroxyl groups is 1. The first-order valence-electron chi connectivity index (χ1n) is 9.09. The molecule has 0 saturated carbocycles. The second-order valence-electron chi connectivity index (χ2n) is 6.92. The zero-order valence-corrected chi connectivity index (χ0v) is 16.7. The standard InChI is InChI=1S/C20H18ClN5OS/c1-10-7-23-20-16(8-22-10)28-15-5-4-12-11(19(15)20)2-3-13(24-12)14-6-17(21)26-18(9-27)25-14/h2-6,10,22-23,27H,7-9H2,1H3/t10-/m1/s1. The van der Waals surface area contributed by atoms with Gasteiger partial charge in [-0.2, -0.15) is 0 Å². The fourth-order valence-corrected chi connectivity index (χ4v) is 4.91. The molecule has 1 aromatic carbocycles. The maximum atomic E-state index is 9.34. The van der Waals surface area contributed by atoms with E-state index in [2.05, 4.69) is 39.7 Å². The minimum Gasteiger partial charge on any atom is -0.388 e. The minimum absolute atomic E-state index is 0.263.